The third kappa shape index (κ3) is 3.71. The lowest BCUT2D eigenvalue weighted by Gasteiger charge is -2.35. The van der Waals surface area contributed by atoms with Gasteiger partial charge in [-0.3, -0.25) is 4.90 Å². The molecule has 1 aliphatic heterocycles. The van der Waals surface area contributed by atoms with Gasteiger partial charge in [0, 0.05) is 18.6 Å². The summed E-state index contributed by atoms with van der Waals surface area (Å²) >= 11 is 0. The standard InChI is InChI=1S/C16H32N2/c1-4-11-17-14-8-6-5-7-9-15(14)18-12-10-16(2,3)13-18/h14-15,17H,4-13H2,1-3H3. The van der Waals surface area contributed by atoms with Crippen LogP contribution in [0, 0.1) is 5.41 Å². The van der Waals surface area contributed by atoms with Crippen LogP contribution in [0.3, 0.4) is 0 Å². The summed E-state index contributed by atoms with van der Waals surface area (Å²) in [5.41, 5.74) is 0.543. The lowest BCUT2D eigenvalue weighted by Crippen LogP contribution is -2.49. The maximum Gasteiger partial charge on any atom is 0.0249 e. The molecule has 1 aliphatic carbocycles. The smallest absolute Gasteiger partial charge is 0.0249 e. The first-order valence-electron chi connectivity index (χ1n) is 8.10. The summed E-state index contributed by atoms with van der Waals surface area (Å²) in [6.07, 6.45) is 9.75. The average Bonchev–Trinajstić information content (AvgIpc) is 2.56. The Labute approximate surface area is 114 Å². The summed E-state index contributed by atoms with van der Waals surface area (Å²) in [7, 11) is 0. The molecule has 2 heteroatoms. The molecule has 18 heavy (non-hydrogen) atoms. The Bertz CT molecular complexity index is 249. The van der Waals surface area contributed by atoms with E-state index in [1.807, 2.05) is 0 Å². The highest BCUT2D eigenvalue weighted by molar-refractivity contribution is 4.93. The van der Waals surface area contributed by atoms with E-state index in [1.165, 1.54) is 64.6 Å². The molecule has 1 N–H and O–H groups in total. The maximum atomic E-state index is 3.82. The molecule has 0 radical (unpaired) electrons. The number of hydrogen-bond acceptors (Lipinski definition) is 2. The Balaban J connectivity index is 1.97. The monoisotopic (exact) mass is 252 g/mol. The summed E-state index contributed by atoms with van der Waals surface area (Å²) in [5, 5.41) is 3.82. The number of likely N-dealkylation sites (tertiary alicyclic amines) is 1. The lowest BCUT2D eigenvalue weighted by molar-refractivity contribution is 0.165. The molecule has 2 rings (SSSR count). The average molecular weight is 252 g/mol. The van der Waals surface area contributed by atoms with Crippen LogP contribution in [0.15, 0.2) is 0 Å². The maximum absolute atomic E-state index is 3.82. The van der Waals surface area contributed by atoms with Crippen molar-refractivity contribution in [2.45, 2.75) is 77.8 Å². The van der Waals surface area contributed by atoms with Crippen LogP contribution in [0.2, 0.25) is 0 Å². The minimum atomic E-state index is 0.543. The summed E-state index contributed by atoms with van der Waals surface area (Å²) in [4.78, 5) is 2.79. The van der Waals surface area contributed by atoms with E-state index in [1.54, 1.807) is 0 Å². The van der Waals surface area contributed by atoms with Gasteiger partial charge in [-0.2, -0.15) is 0 Å². The van der Waals surface area contributed by atoms with Gasteiger partial charge in [-0.1, -0.05) is 40.0 Å². The Morgan fingerprint density at radius 3 is 2.61 bits per heavy atom. The minimum absolute atomic E-state index is 0.543. The van der Waals surface area contributed by atoms with Gasteiger partial charge in [-0.25, -0.2) is 0 Å². The second-order valence-electron chi connectivity index (χ2n) is 7.15. The van der Waals surface area contributed by atoms with Crippen molar-refractivity contribution in [3.05, 3.63) is 0 Å². The summed E-state index contributed by atoms with van der Waals surface area (Å²) in [6.45, 7) is 11.0. The van der Waals surface area contributed by atoms with E-state index < -0.39 is 0 Å². The zero-order chi connectivity index (χ0) is 13.0. The molecule has 1 heterocycles. The lowest BCUT2D eigenvalue weighted by atomic mass is 9.93. The van der Waals surface area contributed by atoms with Crippen molar-refractivity contribution in [1.29, 1.82) is 0 Å². The van der Waals surface area contributed by atoms with E-state index in [9.17, 15) is 0 Å². The molecule has 0 amide bonds. The molecule has 0 aromatic rings. The van der Waals surface area contributed by atoms with Crippen molar-refractivity contribution in [2.75, 3.05) is 19.6 Å². The minimum Gasteiger partial charge on any atom is -0.312 e. The molecule has 0 aromatic heterocycles. The Kier molecular flexibility index (Phi) is 5.08. The molecule has 106 valence electrons. The second-order valence-corrected chi connectivity index (χ2v) is 7.15. The van der Waals surface area contributed by atoms with E-state index in [0.29, 0.717) is 5.41 Å². The van der Waals surface area contributed by atoms with Gasteiger partial charge in [0.15, 0.2) is 0 Å². The van der Waals surface area contributed by atoms with Crippen LogP contribution in [0.25, 0.3) is 0 Å². The van der Waals surface area contributed by atoms with Crippen LogP contribution in [-0.2, 0) is 0 Å². The van der Waals surface area contributed by atoms with Crippen LogP contribution in [0.5, 0.6) is 0 Å². The van der Waals surface area contributed by atoms with Crippen molar-refractivity contribution >= 4 is 0 Å². The van der Waals surface area contributed by atoms with Crippen molar-refractivity contribution in [3.63, 3.8) is 0 Å². The van der Waals surface area contributed by atoms with Gasteiger partial charge in [0.1, 0.15) is 0 Å². The van der Waals surface area contributed by atoms with E-state index in [0.717, 1.165) is 12.1 Å². The van der Waals surface area contributed by atoms with Crippen LogP contribution in [-0.4, -0.2) is 36.6 Å². The molecule has 2 atom stereocenters. The van der Waals surface area contributed by atoms with E-state index >= 15 is 0 Å². The predicted molar refractivity (Wildman–Crippen MR) is 78.9 cm³/mol. The fourth-order valence-electron chi connectivity index (χ4n) is 3.73. The van der Waals surface area contributed by atoms with E-state index in [4.69, 9.17) is 0 Å². The van der Waals surface area contributed by atoms with Crippen LogP contribution in [0.1, 0.15) is 65.7 Å². The van der Waals surface area contributed by atoms with Crippen molar-refractivity contribution in [2.24, 2.45) is 5.41 Å². The Morgan fingerprint density at radius 2 is 1.94 bits per heavy atom. The predicted octanol–water partition coefficient (Wildman–Crippen LogP) is 3.42. The molecule has 1 saturated carbocycles. The molecule has 0 spiro atoms. The van der Waals surface area contributed by atoms with Gasteiger partial charge in [0.25, 0.3) is 0 Å². The number of hydrogen-bond donors (Lipinski definition) is 1. The van der Waals surface area contributed by atoms with Crippen LogP contribution in [0.4, 0.5) is 0 Å². The normalized spacial score (nSPS) is 33.5. The molecule has 0 bridgehead atoms. The Hall–Kier alpha value is -0.0800. The molecule has 1 saturated heterocycles. The zero-order valence-corrected chi connectivity index (χ0v) is 12.7. The highest BCUT2D eigenvalue weighted by Gasteiger charge is 2.36. The summed E-state index contributed by atoms with van der Waals surface area (Å²) in [6, 6.07) is 1.56. The second kappa shape index (κ2) is 6.38. The summed E-state index contributed by atoms with van der Waals surface area (Å²) in [5.74, 6) is 0. The first-order valence-corrected chi connectivity index (χ1v) is 8.10. The van der Waals surface area contributed by atoms with Gasteiger partial charge in [-0.15, -0.1) is 0 Å². The molecule has 2 fully saturated rings. The SMILES string of the molecule is CCCNC1CCCCCC1N1CCC(C)(C)C1. The fraction of sp³-hybridized carbons (Fsp3) is 1.00. The summed E-state index contributed by atoms with van der Waals surface area (Å²) < 4.78 is 0. The van der Waals surface area contributed by atoms with Crippen LogP contribution < -0.4 is 5.32 Å². The molecule has 2 nitrogen and oxygen atoms in total. The van der Waals surface area contributed by atoms with Gasteiger partial charge < -0.3 is 5.32 Å². The van der Waals surface area contributed by atoms with E-state index in [-0.39, 0.29) is 0 Å². The third-order valence-corrected chi connectivity index (χ3v) is 4.81. The molecular formula is C16H32N2. The van der Waals surface area contributed by atoms with Crippen molar-refractivity contribution in [3.8, 4) is 0 Å². The first-order chi connectivity index (χ1) is 8.62. The van der Waals surface area contributed by atoms with Gasteiger partial charge in [0.2, 0.25) is 0 Å². The quantitative estimate of drug-likeness (QED) is 0.771. The molecule has 2 aliphatic rings. The highest BCUT2D eigenvalue weighted by Crippen LogP contribution is 2.33. The Morgan fingerprint density at radius 1 is 1.17 bits per heavy atom. The molecule has 0 aromatic carbocycles. The number of rotatable bonds is 4. The number of nitrogens with zero attached hydrogens (tertiary/aromatic N) is 1. The number of nitrogens with one attached hydrogen (secondary N) is 1. The van der Waals surface area contributed by atoms with Crippen molar-refractivity contribution < 1.29 is 0 Å². The van der Waals surface area contributed by atoms with Crippen molar-refractivity contribution in [1.82, 2.24) is 10.2 Å². The largest absolute Gasteiger partial charge is 0.312 e. The van der Waals surface area contributed by atoms with Gasteiger partial charge in [-0.05, 0) is 44.2 Å². The third-order valence-electron chi connectivity index (χ3n) is 4.81. The fourth-order valence-corrected chi connectivity index (χ4v) is 3.73. The highest BCUT2D eigenvalue weighted by atomic mass is 15.2. The van der Waals surface area contributed by atoms with Gasteiger partial charge in [0.05, 0.1) is 0 Å². The topological polar surface area (TPSA) is 15.3 Å². The first kappa shape index (κ1) is 14.3. The molecule has 2 unspecified atom stereocenters. The molecular weight excluding hydrogens is 220 g/mol. The van der Waals surface area contributed by atoms with Crippen LogP contribution >= 0.6 is 0 Å². The van der Waals surface area contributed by atoms with E-state index in [2.05, 4.69) is 31.0 Å². The van der Waals surface area contributed by atoms with Gasteiger partial charge >= 0.3 is 0 Å². The zero-order valence-electron chi connectivity index (χ0n) is 12.7.